The van der Waals surface area contributed by atoms with E-state index >= 15 is 0 Å². The van der Waals surface area contributed by atoms with Crippen molar-refractivity contribution >= 4 is 17.5 Å². The molecule has 0 aliphatic rings. The molecule has 0 saturated heterocycles. The van der Waals surface area contributed by atoms with Crippen molar-refractivity contribution in [2.24, 2.45) is 5.92 Å². The maximum Gasteiger partial charge on any atom is 0.248 e. The number of carbonyl (C=O) groups excluding carboxylic acids is 1. The zero-order valence-corrected chi connectivity index (χ0v) is 10.2. The summed E-state index contributed by atoms with van der Waals surface area (Å²) < 4.78 is 0. The van der Waals surface area contributed by atoms with Crippen LogP contribution in [0.2, 0.25) is 0 Å². The minimum absolute atomic E-state index is 0.00112. The Hall–Kier alpha value is -0.800. The minimum atomic E-state index is -0.0282. The lowest BCUT2D eigenvalue weighted by Crippen LogP contribution is -2.30. The summed E-state index contributed by atoms with van der Waals surface area (Å²) in [7, 11) is 3.10. The zero-order chi connectivity index (χ0) is 11.7. The largest absolute Gasteiger partial charge is 0.275 e. The summed E-state index contributed by atoms with van der Waals surface area (Å²) in [6, 6.07) is 0. The van der Waals surface area contributed by atoms with E-state index < -0.39 is 0 Å². The van der Waals surface area contributed by atoms with Crippen LogP contribution in [0.5, 0.6) is 0 Å². The van der Waals surface area contributed by atoms with Crippen LogP contribution in [0.15, 0.2) is 23.8 Å². The molecular weight excluding hydrogens is 214 g/mol. The molecule has 4 heteroatoms. The zero-order valence-electron chi connectivity index (χ0n) is 9.44. The summed E-state index contributed by atoms with van der Waals surface area (Å²) >= 11 is 5.34. The van der Waals surface area contributed by atoms with Gasteiger partial charge in [0, 0.05) is 18.5 Å². The lowest BCUT2D eigenvalue weighted by molar-refractivity contribution is -0.173. The molecule has 1 amide bonds. The summed E-state index contributed by atoms with van der Waals surface area (Å²) in [4.78, 5) is 16.4. The first kappa shape index (κ1) is 14.2. The molecule has 0 saturated carbocycles. The van der Waals surface area contributed by atoms with E-state index in [1.54, 1.807) is 13.1 Å². The fraction of sp³-hybridized carbons (Fsp3) is 0.545. The van der Waals surface area contributed by atoms with Gasteiger partial charge in [0.2, 0.25) is 5.91 Å². The third-order valence-electron chi connectivity index (χ3n) is 2.09. The maximum absolute atomic E-state index is 11.5. The van der Waals surface area contributed by atoms with Crippen LogP contribution in [0.1, 0.15) is 19.8 Å². The summed E-state index contributed by atoms with van der Waals surface area (Å²) in [6.45, 7) is 1.89. The predicted octanol–water partition coefficient (Wildman–Crippen LogP) is 2.73. The molecule has 1 atom stereocenters. The molecule has 0 aromatic rings. The molecule has 3 nitrogen and oxygen atoms in total. The van der Waals surface area contributed by atoms with Gasteiger partial charge < -0.3 is 0 Å². The van der Waals surface area contributed by atoms with Crippen LogP contribution in [0.3, 0.4) is 0 Å². The van der Waals surface area contributed by atoms with Crippen molar-refractivity contribution < 1.29 is 9.63 Å². The average Bonchev–Trinajstić information content (AvgIpc) is 2.26. The number of nitrogens with zero attached hydrogens (tertiary/aromatic N) is 1. The van der Waals surface area contributed by atoms with Gasteiger partial charge in [-0.3, -0.25) is 9.63 Å². The van der Waals surface area contributed by atoms with Gasteiger partial charge >= 0.3 is 0 Å². The topological polar surface area (TPSA) is 29.5 Å². The fourth-order valence-electron chi connectivity index (χ4n) is 1.09. The number of rotatable bonds is 6. The molecule has 0 aromatic heterocycles. The molecule has 0 aromatic carbocycles. The van der Waals surface area contributed by atoms with E-state index in [0.717, 1.165) is 12.8 Å². The molecule has 0 unspecified atom stereocenters. The Balaban J connectivity index is 3.83. The lowest BCUT2D eigenvalue weighted by Gasteiger charge is -2.17. The van der Waals surface area contributed by atoms with Gasteiger partial charge in [-0.05, 0) is 12.8 Å². The SMILES string of the molecule is CON(C)C(=O)[C@@H](C)CC/C=C/C=C/Cl. The summed E-state index contributed by atoms with van der Waals surface area (Å²) in [5, 5.41) is 1.26. The summed E-state index contributed by atoms with van der Waals surface area (Å²) in [6.07, 6.45) is 7.25. The van der Waals surface area contributed by atoms with Gasteiger partial charge in [-0.2, -0.15) is 0 Å². The van der Waals surface area contributed by atoms with Crippen molar-refractivity contribution in [3.05, 3.63) is 23.8 Å². The van der Waals surface area contributed by atoms with E-state index in [9.17, 15) is 4.79 Å². The smallest absolute Gasteiger partial charge is 0.248 e. The molecule has 15 heavy (non-hydrogen) atoms. The standard InChI is InChI=1S/C11H18ClNO2/c1-10(11(14)13(2)15-3)8-6-4-5-7-9-12/h4-5,7,9-10H,6,8H2,1-3H3/b5-4+,9-7+/t10-/m0/s1. The molecule has 0 spiro atoms. The van der Waals surface area contributed by atoms with Gasteiger partial charge in [-0.15, -0.1) is 0 Å². The van der Waals surface area contributed by atoms with E-state index in [1.807, 2.05) is 19.1 Å². The monoisotopic (exact) mass is 231 g/mol. The Labute approximate surface area is 96.3 Å². The van der Waals surface area contributed by atoms with Crippen molar-refractivity contribution in [3.8, 4) is 0 Å². The van der Waals surface area contributed by atoms with E-state index in [1.165, 1.54) is 17.7 Å². The molecule has 0 aliphatic heterocycles. The number of amides is 1. The Morgan fingerprint density at radius 2 is 2.20 bits per heavy atom. The highest BCUT2D eigenvalue weighted by Gasteiger charge is 2.15. The highest BCUT2D eigenvalue weighted by Crippen LogP contribution is 2.09. The maximum atomic E-state index is 11.5. The van der Waals surface area contributed by atoms with Gasteiger partial charge in [0.25, 0.3) is 0 Å². The second-order valence-corrected chi connectivity index (χ2v) is 3.50. The number of hydrogen-bond donors (Lipinski definition) is 0. The van der Waals surface area contributed by atoms with Crippen molar-refractivity contribution in [1.29, 1.82) is 0 Å². The van der Waals surface area contributed by atoms with Crippen LogP contribution >= 0.6 is 11.6 Å². The highest BCUT2D eigenvalue weighted by molar-refractivity contribution is 6.25. The van der Waals surface area contributed by atoms with Gasteiger partial charge in [0.1, 0.15) is 0 Å². The molecule has 0 radical (unpaired) electrons. The van der Waals surface area contributed by atoms with Crippen molar-refractivity contribution in [1.82, 2.24) is 5.06 Å². The van der Waals surface area contributed by atoms with Crippen LogP contribution < -0.4 is 0 Å². The first-order chi connectivity index (χ1) is 7.13. The first-order valence-electron chi connectivity index (χ1n) is 4.87. The van der Waals surface area contributed by atoms with Crippen LogP contribution in [-0.4, -0.2) is 25.1 Å². The molecular formula is C11H18ClNO2. The van der Waals surface area contributed by atoms with E-state index in [2.05, 4.69) is 0 Å². The molecule has 0 N–H and O–H groups in total. The highest BCUT2D eigenvalue weighted by atomic mass is 35.5. The molecule has 0 fully saturated rings. The van der Waals surface area contributed by atoms with Crippen LogP contribution in [0, 0.1) is 5.92 Å². The Kier molecular flexibility index (Phi) is 8.05. The number of halogens is 1. The second kappa shape index (κ2) is 8.50. The van der Waals surface area contributed by atoms with Crippen LogP contribution in [-0.2, 0) is 9.63 Å². The first-order valence-corrected chi connectivity index (χ1v) is 5.30. The van der Waals surface area contributed by atoms with E-state index in [0.29, 0.717) is 0 Å². The third-order valence-corrected chi connectivity index (χ3v) is 2.24. The predicted molar refractivity (Wildman–Crippen MR) is 62.3 cm³/mol. The number of hydrogen-bond acceptors (Lipinski definition) is 2. The fourth-order valence-corrected chi connectivity index (χ4v) is 1.17. The molecule has 0 rings (SSSR count). The van der Waals surface area contributed by atoms with Gasteiger partial charge in [-0.25, -0.2) is 5.06 Å². The van der Waals surface area contributed by atoms with Crippen molar-refractivity contribution in [2.75, 3.05) is 14.2 Å². The number of allylic oxidation sites excluding steroid dienone is 3. The quantitative estimate of drug-likeness (QED) is 0.520. The Morgan fingerprint density at radius 1 is 1.53 bits per heavy atom. The van der Waals surface area contributed by atoms with E-state index in [-0.39, 0.29) is 11.8 Å². The summed E-state index contributed by atoms with van der Waals surface area (Å²) in [5.41, 5.74) is 1.45. The minimum Gasteiger partial charge on any atom is -0.275 e. The van der Waals surface area contributed by atoms with Gasteiger partial charge in [0.05, 0.1) is 7.11 Å². The molecule has 86 valence electrons. The Bertz CT molecular complexity index is 239. The molecule has 0 aliphatic carbocycles. The van der Waals surface area contributed by atoms with Gasteiger partial charge in [0.15, 0.2) is 0 Å². The number of hydroxylamine groups is 2. The van der Waals surface area contributed by atoms with Crippen LogP contribution in [0.25, 0.3) is 0 Å². The normalized spacial score (nSPS) is 13.6. The lowest BCUT2D eigenvalue weighted by atomic mass is 10.0. The van der Waals surface area contributed by atoms with Crippen molar-refractivity contribution in [3.63, 3.8) is 0 Å². The molecule has 0 heterocycles. The second-order valence-electron chi connectivity index (χ2n) is 3.24. The van der Waals surface area contributed by atoms with Crippen molar-refractivity contribution in [2.45, 2.75) is 19.8 Å². The average molecular weight is 232 g/mol. The molecule has 0 bridgehead atoms. The Morgan fingerprint density at radius 3 is 2.73 bits per heavy atom. The van der Waals surface area contributed by atoms with E-state index in [4.69, 9.17) is 16.4 Å². The van der Waals surface area contributed by atoms with Crippen LogP contribution in [0.4, 0.5) is 0 Å². The van der Waals surface area contributed by atoms with Gasteiger partial charge in [-0.1, -0.05) is 36.8 Å². The summed E-state index contributed by atoms with van der Waals surface area (Å²) in [5.74, 6) is -0.0293. The number of carbonyl (C=O) groups is 1. The third kappa shape index (κ3) is 6.31.